The highest BCUT2D eigenvalue weighted by Crippen LogP contribution is 2.07. The second-order valence-electron chi connectivity index (χ2n) is 2.06. The van der Waals surface area contributed by atoms with Crippen LogP contribution in [0.15, 0.2) is 24.5 Å². The first-order valence-electron chi connectivity index (χ1n) is 2.97. The topological polar surface area (TPSA) is 30.7 Å². The number of nitrogens with zero attached hydrogens (tertiary/aromatic N) is 3. The van der Waals surface area contributed by atoms with Gasteiger partial charge in [-0.1, -0.05) is 0 Å². The molecule has 49 valence electrons. The zero-order valence-corrected chi connectivity index (χ0v) is 5.36. The molecule has 0 spiro atoms. The molecule has 10 heavy (non-hydrogen) atoms. The van der Waals surface area contributed by atoms with Gasteiger partial charge in [-0.15, -0.1) is 0 Å². The van der Waals surface area contributed by atoms with Crippen LogP contribution in [0, 0.1) is 7.05 Å². The zero-order valence-electron chi connectivity index (χ0n) is 5.36. The summed E-state index contributed by atoms with van der Waals surface area (Å²) in [7, 11) is 3.65. The summed E-state index contributed by atoms with van der Waals surface area (Å²) in [6, 6.07) is 3.83. The standard InChI is InChI=1S/C7H6N3/c1-10-7-6(5-9-10)3-2-4-8-7/h2-5H,1H2. The molecule has 3 heteroatoms. The largest absolute Gasteiger partial charge is 0.245 e. The fourth-order valence-corrected chi connectivity index (χ4v) is 0.912. The van der Waals surface area contributed by atoms with Gasteiger partial charge in [-0.25, -0.2) is 9.67 Å². The Kier molecular flexibility index (Phi) is 0.974. The highest BCUT2D eigenvalue weighted by Gasteiger charge is 1.95. The van der Waals surface area contributed by atoms with Crippen molar-refractivity contribution in [1.29, 1.82) is 0 Å². The van der Waals surface area contributed by atoms with Crippen LogP contribution in [-0.2, 0) is 0 Å². The van der Waals surface area contributed by atoms with Crippen LogP contribution in [0.4, 0.5) is 0 Å². The second kappa shape index (κ2) is 1.80. The molecule has 0 amide bonds. The molecule has 1 radical (unpaired) electrons. The fourth-order valence-electron chi connectivity index (χ4n) is 0.912. The summed E-state index contributed by atoms with van der Waals surface area (Å²) in [4.78, 5) is 4.08. The summed E-state index contributed by atoms with van der Waals surface area (Å²) in [5, 5.41) is 4.96. The van der Waals surface area contributed by atoms with Crippen LogP contribution in [0.2, 0.25) is 0 Å². The maximum atomic E-state index is 4.08. The lowest BCUT2D eigenvalue weighted by atomic mass is 10.4. The third kappa shape index (κ3) is 0.603. The Morgan fingerprint density at radius 2 is 2.40 bits per heavy atom. The maximum Gasteiger partial charge on any atom is 0.157 e. The highest BCUT2D eigenvalue weighted by atomic mass is 15.3. The lowest BCUT2D eigenvalue weighted by Gasteiger charge is -1.88. The average molecular weight is 132 g/mol. The zero-order chi connectivity index (χ0) is 6.97. The Bertz CT molecular complexity index is 350. The molecule has 0 aromatic carbocycles. The number of pyridine rings is 1. The van der Waals surface area contributed by atoms with E-state index >= 15 is 0 Å². The van der Waals surface area contributed by atoms with Gasteiger partial charge in [0.25, 0.3) is 0 Å². The third-order valence-corrected chi connectivity index (χ3v) is 1.40. The molecule has 0 fully saturated rings. The van der Waals surface area contributed by atoms with Crippen molar-refractivity contribution < 1.29 is 0 Å². The normalized spacial score (nSPS) is 10.5. The molecule has 0 saturated carbocycles. The molecule has 3 nitrogen and oxygen atoms in total. The van der Waals surface area contributed by atoms with Crippen molar-refractivity contribution in [3.8, 4) is 0 Å². The quantitative estimate of drug-likeness (QED) is 0.536. The SMILES string of the molecule is [CH2]n1ncc2cccnc21. The molecule has 0 aliphatic rings. The molecular formula is C7H6N3. The molecule has 0 aliphatic carbocycles. The van der Waals surface area contributed by atoms with E-state index in [2.05, 4.69) is 17.1 Å². The van der Waals surface area contributed by atoms with Crippen molar-refractivity contribution in [1.82, 2.24) is 14.8 Å². The number of fused-ring (bicyclic) bond motifs is 1. The van der Waals surface area contributed by atoms with E-state index in [0.717, 1.165) is 11.0 Å². The van der Waals surface area contributed by atoms with Crippen LogP contribution in [0.25, 0.3) is 11.0 Å². The first-order chi connectivity index (χ1) is 4.88. The Labute approximate surface area is 58.3 Å². The van der Waals surface area contributed by atoms with Gasteiger partial charge in [0, 0.05) is 11.6 Å². The Morgan fingerprint density at radius 1 is 1.50 bits per heavy atom. The van der Waals surface area contributed by atoms with Crippen molar-refractivity contribution in [3.05, 3.63) is 31.6 Å². The van der Waals surface area contributed by atoms with Gasteiger partial charge >= 0.3 is 0 Å². The molecule has 0 bridgehead atoms. The van der Waals surface area contributed by atoms with Crippen molar-refractivity contribution >= 4 is 11.0 Å². The van der Waals surface area contributed by atoms with E-state index in [0.29, 0.717) is 0 Å². The van der Waals surface area contributed by atoms with Crippen LogP contribution >= 0.6 is 0 Å². The van der Waals surface area contributed by atoms with Crippen LogP contribution in [0.1, 0.15) is 0 Å². The van der Waals surface area contributed by atoms with E-state index in [-0.39, 0.29) is 0 Å². The van der Waals surface area contributed by atoms with Gasteiger partial charge in [-0.3, -0.25) is 0 Å². The van der Waals surface area contributed by atoms with Gasteiger partial charge in [0.15, 0.2) is 5.65 Å². The first-order valence-corrected chi connectivity index (χ1v) is 2.97. The minimum atomic E-state index is 0.822. The van der Waals surface area contributed by atoms with Crippen LogP contribution in [-0.4, -0.2) is 14.8 Å². The monoisotopic (exact) mass is 132 g/mol. The summed E-state index contributed by atoms with van der Waals surface area (Å²) in [6.45, 7) is 0. The molecule has 2 aromatic heterocycles. The number of hydrogen-bond acceptors (Lipinski definition) is 2. The van der Waals surface area contributed by atoms with Crippen molar-refractivity contribution in [3.63, 3.8) is 0 Å². The van der Waals surface area contributed by atoms with Crippen molar-refractivity contribution in [2.24, 2.45) is 0 Å². The van der Waals surface area contributed by atoms with Crippen LogP contribution in [0.5, 0.6) is 0 Å². The minimum absolute atomic E-state index is 0.822. The van der Waals surface area contributed by atoms with E-state index in [1.54, 1.807) is 12.4 Å². The van der Waals surface area contributed by atoms with Gasteiger partial charge in [-0.05, 0) is 12.1 Å². The molecule has 0 aliphatic heterocycles. The third-order valence-electron chi connectivity index (χ3n) is 1.40. The van der Waals surface area contributed by atoms with Crippen molar-refractivity contribution in [2.45, 2.75) is 0 Å². The molecular weight excluding hydrogens is 126 g/mol. The Hall–Kier alpha value is -1.38. The van der Waals surface area contributed by atoms with E-state index in [9.17, 15) is 0 Å². The lowest BCUT2D eigenvalue weighted by Crippen LogP contribution is -1.87. The molecule has 0 unspecified atom stereocenters. The van der Waals surface area contributed by atoms with Gasteiger partial charge < -0.3 is 0 Å². The predicted octanol–water partition coefficient (Wildman–Crippen LogP) is 1.07. The Morgan fingerprint density at radius 3 is 3.20 bits per heavy atom. The molecule has 0 saturated heterocycles. The van der Waals surface area contributed by atoms with E-state index in [1.807, 2.05) is 12.1 Å². The van der Waals surface area contributed by atoms with E-state index < -0.39 is 0 Å². The number of aromatic nitrogens is 3. The predicted molar refractivity (Wildman–Crippen MR) is 38.3 cm³/mol. The number of hydrogen-bond donors (Lipinski definition) is 0. The van der Waals surface area contributed by atoms with Gasteiger partial charge in [-0.2, -0.15) is 5.10 Å². The van der Waals surface area contributed by atoms with Gasteiger partial charge in [0.2, 0.25) is 0 Å². The highest BCUT2D eigenvalue weighted by molar-refractivity contribution is 5.73. The summed E-state index contributed by atoms with van der Waals surface area (Å²) in [5.74, 6) is 0. The summed E-state index contributed by atoms with van der Waals surface area (Å²) >= 11 is 0. The average Bonchev–Trinajstić information content (AvgIpc) is 2.34. The number of rotatable bonds is 0. The summed E-state index contributed by atoms with van der Waals surface area (Å²) in [6.07, 6.45) is 3.47. The fraction of sp³-hybridized carbons (Fsp3) is 0. The van der Waals surface area contributed by atoms with Gasteiger partial charge in [0.1, 0.15) is 0 Å². The lowest BCUT2D eigenvalue weighted by molar-refractivity contribution is 0.894. The minimum Gasteiger partial charge on any atom is -0.245 e. The summed E-state index contributed by atoms with van der Waals surface area (Å²) < 4.78 is 1.51. The molecule has 0 N–H and O–H groups in total. The van der Waals surface area contributed by atoms with Crippen molar-refractivity contribution in [2.75, 3.05) is 0 Å². The smallest absolute Gasteiger partial charge is 0.157 e. The molecule has 2 rings (SSSR count). The van der Waals surface area contributed by atoms with Crippen LogP contribution in [0.3, 0.4) is 0 Å². The second-order valence-corrected chi connectivity index (χ2v) is 2.06. The summed E-state index contributed by atoms with van der Waals surface area (Å²) in [5.41, 5.74) is 0.822. The van der Waals surface area contributed by atoms with E-state index in [4.69, 9.17) is 0 Å². The van der Waals surface area contributed by atoms with Crippen LogP contribution < -0.4 is 0 Å². The molecule has 2 aromatic rings. The van der Waals surface area contributed by atoms with E-state index in [1.165, 1.54) is 4.68 Å². The molecule has 2 heterocycles. The first kappa shape index (κ1) is 5.41. The van der Waals surface area contributed by atoms with Gasteiger partial charge in [0.05, 0.1) is 13.2 Å². The molecule has 0 atom stereocenters. The maximum absolute atomic E-state index is 4.08. The Balaban J connectivity index is 2.93.